The van der Waals surface area contributed by atoms with Crippen LogP contribution in [0.4, 0.5) is 0 Å². The van der Waals surface area contributed by atoms with Gasteiger partial charge in [0.15, 0.2) is 12.1 Å². The van der Waals surface area contributed by atoms with E-state index in [1.165, 1.54) is 0 Å². The SMILES string of the molecule is CC12CC(=O)C3CC1(O)OC(O2)C3CO. The van der Waals surface area contributed by atoms with Gasteiger partial charge in [-0.2, -0.15) is 0 Å². The van der Waals surface area contributed by atoms with Gasteiger partial charge in [-0.1, -0.05) is 0 Å². The first-order chi connectivity index (χ1) is 6.99. The molecule has 5 nitrogen and oxygen atoms in total. The zero-order valence-electron chi connectivity index (χ0n) is 8.47. The van der Waals surface area contributed by atoms with E-state index in [9.17, 15) is 15.0 Å². The monoisotopic (exact) mass is 214 g/mol. The first kappa shape index (κ1) is 9.72. The molecule has 3 fully saturated rings. The Morgan fingerprint density at radius 3 is 2.93 bits per heavy atom. The molecule has 0 aromatic carbocycles. The third-order valence-corrected chi connectivity index (χ3v) is 4.01. The van der Waals surface area contributed by atoms with Gasteiger partial charge in [-0.05, 0) is 6.92 Å². The summed E-state index contributed by atoms with van der Waals surface area (Å²) in [6.45, 7) is 1.55. The second-order valence-electron chi connectivity index (χ2n) is 4.92. The van der Waals surface area contributed by atoms with Crippen LogP contribution in [0.1, 0.15) is 19.8 Å². The van der Waals surface area contributed by atoms with Crippen molar-refractivity contribution >= 4 is 5.78 Å². The number of ether oxygens (including phenoxy) is 2. The lowest BCUT2D eigenvalue weighted by molar-refractivity contribution is -0.271. The second kappa shape index (κ2) is 2.60. The van der Waals surface area contributed by atoms with Gasteiger partial charge in [0.05, 0.1) is 6.61 Å². The normalized spacial score (nSPS) is 57.5. The number of ketones is 1. The number of carbonyl (C=O) groups is 1. The first-order valence-electron chi connectivity index (χ1n) is 5.21. The molecule has 0 aromatic heterocycles. The van der Waals surface area contributed by atoms with Crippen molar-refractivity contribution in [3.05, 3.63) is 0 Å². The average Bonchev–Trinajstić information content (AvgIpc) is 2.29. The van der Waals surface area contributed by atoms with Gasteiger partial charge in [0, 0.05) is 24.7 Å². The maximum atomic E-state index is 11.8. The molecule has 1 aliphatic carbocycles. The van der Waals surface area contributed by atoms with Crippen molar-refractivity contribution in [2.24, 2.45) is 11.8 Å². The molecule has 2 heterocycles. The van der Waals surface area contributed by atoms with Crippen LogP contribution in [0.15, 0.2) is 0 Å². The van der Waals surface area contributed by atoms with E-state index in [-0.39, 0.29) is 37.1 Å². The molecule has 5 atom stereocenters. The third kappa shape index (κ3) is 0.990. The van der Waals surface area contributed by atoms with Gasteiger partial charge in [0.1, 0.15) is 11.4 Å². The summed E-state index contributed by atoms with van der Waals surface area (Å²) in [6, 6.07) is 0. The highest BCUT2D eigenvalue weighted by atomic mass is 16.8. The summed E-state index contributed by atoms with van der Waals surface area (Å²) in [6.07, 6.45) is -0.235. The van der Waals surface area contributed by atoms with Crippen molar-refractivity contribution in [3.63, 3.8) is 0 Å². The highest BCUT2D eigenvalue weighted by molar-refractivity contribution is 5.84. The smallest absolute Gasteiger partial charge is 0.198 e. The Kier molecular flexibility index (Phi) is 1.68. The van der Waals surface area contributed by atoms with Gasteiger partial charge in [-0.15, -0.1) is 0 Å². The van der Waals surface area contributed by atoms with Gasteiger partial charge in [0.25, 0.3) is 0 Å². The molecule has 1 saturated carbocycles. The number of aliphatic hydroxyl groups is 2. The summed E-state index contributed by atoms with van der Waals surface area (Å²) >= 11 is 0. The quantitative estimate of drug-likeness (QED) is 0.610. The molecule has 5 heteroatoms. The summed E-state index contributed by atoms with van der Waals surface area (Å²) in [5, 5.41) is 19.4. The average molecular weight is 214 g/mol. The fraction of sp³-hybridized carbons (Fsp3) is 0.900. The van der Waals surface area contributed by atoms with Crippen LogP contribution in [0.2, 0.25) is 0 Å². The lowest BCUT2D eigenvalue weighted by Gasteiger charge is -2.44. The lowest BCUT2D eigenvalue weighted by Crippen LogP contribution is -2.59. The van der Waals surface area contributed by atoms with Crippen LogP contribution >= 0.6 is 0 Å². The fourth-order valence-electron chi connectivity index (χ4n) is 2.98. The molecule has 0 aromatic rings. The molecule has 0 amide bonds. The summed E-state index contributed by atoms with van der Waals surface area (Å²) < 4.78 is 11.0. The third-order valence-electron chi connectivity index (χ3n) is 4.01. The molecular formula is C10H14O5. The van der Waals surface area contributed by atoms with Crippen LogP contribution in [0, 0.1) is 11.8 Å². The number of hydrogen-bond acceptors (Lipinski definition) is 5. The lowest BCUT2D eigenvalue weighted by atomic mass is 9.70. The molecule has 3 aliphatic rings. The van der Waals surface area contributed by atoms with E-state index in [0.717, 1.165) is 0 Å². The molecule has 5 unspecified atom stereocenters. The molecule has 15 heavy (non-hydrogen) atoms. The van der Waals surface area contributed by atoms with Gasteiger partial charge in [-0.25, -0.2) is 0 Å². The molecule has 0 radical (unpaired) electrons. The van der Waals surface area contributed by atoms with Crippen molar-refractivity contribution in [1.82, 2.24) is 0 Å². The number of aliphatic hydroxyl groups excluding tert-OH is 1. The molecule has 84 valence electrons. The van der Waals surface area contributed by atoms with Crippen molar-refractivity contribution in [3.8, 4) is 0 Å². The molecular weight excluding hydrogens is 200 g/mol. The van der Waals surface area contributed by atoms with E-state index in [0.29, 0.717) is 0 Å². The fourth-order valence-corrected chi connectivity index (χ4v) is 2.98. The van der Waals surface area contributed by atoms with E-state index in [4.69, 9.17) is 9.47 Å². The van der Waals surface area contributed by atoms with Crippen molar-refractivity contribution in [1.29, 1.82) is 0 Å². The maximum absolute atomic E-state index is 11.8. The Labute approximate surface area is 87.0 Å². The highest BCUT2D eigenvalue weighted by Crippen LogP contribution is 2.55. The summed E-state index contributed by atoms with van der Waals surface area (Å²) in [5.74, 6) is -1.94. The number of carbonyl (C=O) groups excluding carboxylic acids is 1. The minimum atomic E-state index is -1.35. The van der Waals surface area contributed by atoms with Gasteiger partial charge < -0.3 is 19.7 Å². The summed E-state index contributed by atoms with van der Waals surface area (Å²) in [4.78, 5) is 11.8. The van der Waals surface area contributed by atoms with Crippen LogP contribution in [0.5, 0.6) is 0 Å². The molecule has 0 spiro atoms. The molecule has 2 aliphatic heterocycles. The van der Waals surface area contributed by atoms with Gasteiger partial charge in [0.2, 0.25) is 0 Å². The molecule has 3 rings (SSSR count). The number of fused-ring (bicyclic) bond motifs is 2. The number of Topliss-reactive ketones (excluding diaryl/α,β-unsaturated/α-hetero) is 1. The van der Waals surface area contributed by atoms with Crippen molar-refractivity contribution in [2.75, 3.05) is 6.61 Å². The van der Waals surface area contributed by atoms with Gasteiger partial charge in [-0.3, -0.25) is 4.79 Å². The Bertz CT molecular complexity index is 330. The van der Waals surface area contributed by atoms with E-state index < -0.39 is 17.7 Å². The predicted molar refractivity (Wildman–Crippen MR) is 47.6 cm³/mol. The standard InChI is InChI=1S/C10H14O5/c1-9-3-7(12)5-2-10(9,13)15-8(14-9)6(5)4-11/h5-6,8,11,13H,2-4H2,1H3. The largest absolute Gasteiger partial charge is 0.396 e. The van der Waals surface area contributed by atoms with Crippen LogP contribution < -0.4 is 0 Å². The van der Waals surface area contributed by atoms with E-state index >= 15 is 0 Å². The van der Waals surface area contributed by atoms with Crippen LogP contribution in [0.3, 0.4) is 0 Å². The minimum Gasteiger partial charge on any atom is -0.396 e. The van der Waals surface area contributed by atoms with Crippen molar-refractivity contribution in [2.45, 2.75) is 37.4 Å². The predicted octanol–water partition coefficient (Wildman–Crippen LogP) is -0.592. The highest BCUT2D eigenvalue weighted by Gasteiger charge is 2.69. The van der Waals surface area contributed by atoms with Gasteiger partial charge >= 0.3 is 0 Å². The van der Waals surface area contributed by atoms with E-state index in [1.54, 1.807) is 6.92 Å². The Morgan fingerprint density at radius 1 is 1.53 bits per heavy atom. The second-order valence-corrected chi connectivity index (χ2v) is 4.92. The molecule has 3 bridgehead atoms. The summed E-state index contributed by atoms with van der Waals surface area (Å²) in [7, 11) is 0. The summed E-state index contributed by atoms with van der Waals surface area (Å²) in [5.41, 5.74) is -0.935. The Morgan fingerprint density at radius 2 is 2.27 bits per heavy atom. The number of hydrogen-bond donors (Lipinski definition) is 2. The molecule has 2 N–H and O–H groups in total. The Hall–Kier alpha value is -0.490. The zero-order valence-corrected chi connectivity index (χ0v) is 8.47. The first-order valence-corrected chi connectivity index (χ1v) is 5.21. The Balaban J connectivity index is 2.07. The zero-order chi connectivity index (χ0) is 10.8. The topological polar surface area (TPSA) is 76.0 Å². The van der Waals surface area contributed by atoms with E-state index in [2.05, 4.69) is 0 Å². The van der Waals surface area contributed by atoms with Crippen LogP contribution in [-0.2, 0) is 14.3 Å². The maximum Gasteiger partial charge on any atom is 0.198 e. The van der Waals surface area contributed by atoms with Crippen LogP contribution in [0.25, 0.3) is 0 Å². The molecule has 2 saturated heterocycles. The minimum absolute atomic E-state index is 0.0621. The van der Waals surface area contributed by atoms with Crippen molar-refractivity contribution < 1.29 is 24.5 Å². The number of rotatable bonds is 1. The van der Waals surface area contributed by atoms with Crippen LogP contribution in [-0.4, -0.2) is 40.3 Å². The van der Waals surface area contributed by atoms with E-state index in [1.807, 2.05) is 0 Å².